The Bertz CT molecular complexity index is 522. The number of aliphatic hydroxyl groups excluding tert-OH is 4. The Hall–Kier alpha value is -2.43. The molecule has 0 heterocycles. The van der Waals surface area contributed by atoms with Gasteiger partial charge in [-0.3, -0.25) is 0 Å². The molecule has 0 saturated carbocycles. The summed E-state index contributed by atoms with van der Waals surface area (Å²) in [5.41, 5.74) is 0. The van der Waals surface area contributed by atoms with Crippen LogP contribution in [0.2, 0.25) is 0 Å². The van der Waals surface area contributed by atoms with E-state index in [1.807, 2.05) is 48.5 Å². The van der Waals surface area contributed by atoms with E-state index in [1.54, 1.807) is 0 Å². The fraction of sp³-hybridized carbons (Fsp3) is 0.700. The zero-order chi connectivity index (χ0) is 29.1. The second-order valence-electron chi connectivity index (χ2n) is 6.46. The Morgan fingerprint density at radius 3 is 0.833 bits per heavy atom. The first-order valence-electron chi connectivity index (χ1n) is 9.85. The number of hydrogen-bond acceptors (Lipinski definition) is 15. The molecule has 0 amide bonds. The molecule has 0 aliphatic heterocycles. The van der Waals surface area contributed by atoms with Crippen molar-refractivity contribution in [3.05, 3.63) is 11.7 Å². The second kappa shape index (κ2) is 32.6. The number of ether oxygens (including phenoxy) is 3. The average Bonchev–Trinajstić information content (AvgIpc) is 2.73. The van der Waals surface area contributed by atoms with Crippen LogP contribution < -0.4 is 20.4 Å². The van der Waals surface area contributed by atoms with Crippen molar-refractivity contribution in [3.63, 3.8) is 0 Å². The molecule has 36 heavy (non-hydrogen) atoms. The molecule has 0 rings (SSSR count). The third-order valence-corrected chi connectivity index (χ3v) is 1.90. The van der Waals surface area contributed by atoms with Gasteiger partial charge in [0.15, 0.2) is 5.76 Å². The Balaban J connectivity index is -0.0000000887. The van der Waals surface area contributed by atoms with Crippen LogP contribution >= 0.6 is 0 Å². The predicted molar refractivity (Wildman–Crippen MR) is 110 cm³/mol. The average molecular weight is 564 g/mol. The van der Waals surface area contributed by atoms with Crippen molar-refractivity contribution in [2.24, 2.45) is 0 Å². The van der Waals surface area contributed by atoms with Gasteiger partial charge in [-0.1, -0.05) is 0 Å². The summed E-state index contributed by atoms with van der Waals surface area (Å²) in [4.78, 5) is 36.0. The molecule has 16 heteroatoms. The maximum absolute atomic E-state index is 9.01. The molecule has 0 radical (unpaired) electrons. The van der Waals surface area contributed by atoms with Crippen LogP contribution in [0, 0.1) is 0 Å². The summed E-state index contributed by atoms with van der Waals surface area (Å²) in [6, 6.07) is 0. The maximum atomic E-state index is 9.01. The summed E-state index contributed by atoms with van der Waals surface area (Å²) >= 11 is 0. The molecule has 0 fully saturated rings. The van der Waals surface area contributed by atoms with E-state index < -0.39 is 50.3 Å². The molecule has 0 spiro atoms. The second-order valence-corrected chi connectivity index (χ2v) is 6.46. The Morgan fingerprint density at radius 1 is 0.556 bits per heavy atom. The molecule has 0 saturated heterocycles. The molecule has 0 aromatic heterocycles. The first-order valence-corrected chi connectivity index (χ1v) is 9.85. The van der Waals surface area contributed by atoms with Crippen molar-refractivity contribution < 1.29 is 96.0 Å². The van der Waals surface area contributed by atoms with E-state index >= 15 is 0 Å². The number of aliphatic hydroxyl groups is 4. The molecule has 15 nitrogen and oxygen atoms in total. The van der Waals surface area contributed by atoms with Crippen LogP contribution in [0.1, 0.15) is 48.5 Å². The van der Waals surface area contributed by atoms with E-state index in [2.05, 4.69) is 0 Å². The van der Waals surface area contributed by atoms with Crippen LogP contribution in [0.3, 0.4) is 0 Å². The number of rotatable bonds is 10. The largest absolute Gasteiger partial charge is 4.00 e. The first kappa shape index (κ1) is 46.9. The number of hydrogen-bond donors (Lipinski definition) is 4. The fourth-order valence-corrected chi connectivity index (χ4v) is 1.02. The molecule has 0 bridgehead atoms. The van der Waals surface area contributed by atoms with Crippen LogP contribution in [0.5, 0.6) is 0 Å². The van der Waals surface area contributed by atoms with Gasteiger partial charge in [0, 0.05) is 6.92 Å². The van der Waals surface area contributed by atoms with Gasteiger partial charge >= 0.3 is 27.7 Å². The summed E-state index contributed by atoms with van der Waals surface area (Å²) in [6.07, 6.45) is 0.306. The first-order chi connectivity index (χ1) is 15.9. The smallest absolute Gasteiger partial charge is 0.548 e. The minimum atomic E-state index is -1.44. The standard InChI is InChI=1S/C12H24O3.4C2H4O3.Ti/c1-8(2)13-11(7)12(14-9(3)4)15-10(5)6;4*3-1-2(4)5;/h8-10H,1-7H3;4*3H,1H2,(H,4,5);/q;;;;;+4/p-4. The molecule has 0 aromatic rings. The van der Waals surface area contributed by atoms with Crippen molar-refractivity contribution in [3.8, 4) is 0 Å². The van der Waals surface area contributed by atoms with Gasteiger partial charge in [0.05, 0.1) is 68.6 Å². The quantitative estimate of drug-likeness (QED) is 0.142. The fourth-order valence-electron chi connectivity index (χ4n) is 1.02. The molecule has 0 aliphatic carbocycles. The topological polar surface area (TPSA) is 269 Å². The van der Waals surface area contributed by atoms with Crippen molar-refractivity contribution in [1.82, 2.24) is 0 Å². The minimum absolute atomic E-state index is 0. The molecule has 0 aliphatic rings. The van der Waals surface area contributed by atoms with Gasteiger partial charge < -0.3 is 74.2 Å². The van der Waals surface area contributed by atoms with Gasteiger partial charge in [0.1, 0.15) is 0 Å². The summed E-state index contributed by atoms with van der Waals surface area (Å²) in [5, 5.41) is 66.0. The Labute approximate surface area is 224 Å². The summed E-state index contributed by atoms with van der Waals surface area (Å²) in [7, 11) is 0. The third-order valence-electron chi connectivity index (χ3n) is 1.90. The number of carbonyl (C=O) groups is 4. The van der Waals surface area contributed by atoms with Crippen LogP contribution in [0.4, 0.5) is 0 Å². The molecular weight excluding hydrogens is 528 g/mol. The van der Waals surface area contributed by atoms with Crippen molar-refractivity contribution in [1.29, 1.82) is 0 Å². The van der Waals surface area contributed by atoms with E-state index in [-0.39, 0.29) is 40.0 Å². The molecule has 0 aromatic carbocycles. The number of carboxylic acid groups (broad SMARTS) is 4. The molecule has 4 N–H and O–H groups in total. The summed E-state index contributed by atoms with van der Waals surface area (Å²) < 4.78 is 16.7. The summed E-state index contributed by atoms with van der Waals surface area (Å²) in [5.74, 6) is -4.56. The zero-order valence-electron chi connectivity index (χ0n) is 21.3. The number of allylic oxidation sites excluding steroid dienone is 1. The number of aliphatic carboxylic acids is 4. The normalized spacial score (nSPS) is 8.61. The van der Waals surface area contributed by atoms with Gasteiger partial charge in [-0.05, 0) is 41.5 Å². The SMILES string of the molecule is CC(OC(C)C)=C(OC(C)C)OC(C)C.O=C([O-])CO.O=C([O-])CO.O=C([O-])CO.O=C([O-])CO.[Ti+4]. The maximum Gasteiger partial charge on any atom is 4.00 e. The molecule has 210 valence electrons. The molecule has 0 atom stereocenters. The van der Waals surface area contributed by atoms with Gasteiger partial charge in [-0.25, -0.2) is 0 Å². The van der Waals surface area contributed by atoms with Gasteiger partial charge in [0.2, 0.25) is 0 Å². The van der Waals surface area contributed by atoms with Crippen LogP contribution in [-0.2, 0) is 55.1 Å². The molecule has 0 unspecified atom stereocenters. The summed E-state index contributed by atoms with van der Waals surface area (Å²) in [6.45, 7) is 10.1. The van der Waals surface area contributed by atoms with Crippen LogP contribution in [0.15, 0.2) is 11.7 Å². The number of carbonyl (C=O) groups excluding carboxylic acids is 4. The van der Waals surface area contributed by atoms with E-state index in [0.717, 1.165) is 0 Å². The zero-order valence-corrected chi connectivity index (χ0v) is 22.9. The van der Waals surface area contributed by atoms with Crippen molar-refractivity contribution in [2.75, 3.05) is 26.4 Å². The van der Waals surface area contributed by atoms with E-state index in [0.29, 0.717) is 11.7 Å². The predicted octanol–water partition coefficient (Wildman–Crippen LogP) is -5.64. The van der Waals surface area contributed by atoms with E-state index in [4.69, 9.17) is 74.2 Å². The van der Waals surface area contributed by atoms with E-state index in [9.17, 15) is 0 Å². The van der Waals surface area contributed by atoms with Crippen molar-refractivity contribution >= 4 is 23.9 Å². The van der Waals surface area contributed by atoms with Crippen LogP contribution in [-0.4, -0.2) is 89.0 Å². The Kier molecular flexibility index (Phi) is 42.4. The van der Waals surface area contributed by atoms with Gasteiger partial charge in [-0.15, -0.1) is 0 Å². The monoisotopic (exact) mass is 564 g/mol. The van der Waals surface area contributed by atoms with Gasteiger partial charge in [-0.2, -0.15) is 0 Å². The Morgan fingerprint density at radius 2 is 0.722 bits per heavy atom. The molecular formula is C20H36O15Ti. The van der Waals surface area contributed by atoms with E-state index in [1.165, 1.54) is 0 Å². The van der Waals surface area contributed by atoms with Crippen molar-refractivity contribution in [2.45, 2.75) is 66.8 Å². The third kappa shape index (κ3) is 63.4. The number of carboxylic acids is 4. The van der Waals surface area contributed by atoms with Crippen LogP contribution in [0.25, 0.3) is 0 Å². The minimum Gasteiger partial charge on any atom is -0.548 e. The van der Waals surface area contributed by atoms with Gasteiger partial charge in [0.25, 0.3) is 0 Å².